The molecule has 1 N–H and O–H groups in total. The van der Waals surface area contributed by atoms with E-state index in [4.69, 9.17) is 5.11 Å². The molecule has 0 spiro atoms. The maximum Gasteiger partial charge on any atom is 0.177 e. The number of hydrogen-bond donors (Lipinski definition) is 1. The number of aromatic nitrogens is 3. The van der Waals surface area contributed by atoms with Crippen LogP contribution in [0.5, 0.6) is 0 Å². The number of halogens is 1. The average Bonchev–Trinajstić information content (AvgIpc) is 2.97. The fourth-order valence-corrected chi connectivity index (χ4v) is 3.31. The van der Waals surface area contributed by atoms with Gasteiger partial charge in [-0.3, -0.25) is 0 Å². The van der Waals surface area contributed by atoms with Crippen LogP contribution in [-0.2, 0) is 6.54 Å². The Hall–Kier alpha value is -0.980. The van der Waals surface area contributed by atoms with Gasteiger partial charge in [-0.25, -0.2) is 9.97 Å². The number of fused-ring (bicyclic) bond motifs is 1. The van der Waals surface area contributed by atoms with E-state index < -0.39 is 0 Å². The molecule has 1 aliphatic rings. The summed E-state index contributed by atoms with van der Waals surface area (Å²) in [5.74, 6) is 1.64. The van der Waals surface area contributed by atoms with Crippen molar-refractivity contribution in [1.82, 2.24) is 19.4 Å². The van der Waals surface area contributed by atoms with Crippen molar-refractivity contribution in [3.8, 4) is 0 Å². The first-order chi connectivity index (χ1) is 9.67. The molecular formula is C14H19BrN4O. The molecule has 0 radical (unpaired) electrons. The molecule has 2 aromatic rings. The van der Waals surface area contributed by atoms with Gasteiger partial charge in [-0.1, -0.05) is 0 Å². The van der Waals surface area contributed by atoms with E-state index in [1.165, 1.54) is 6.42 Å². The zero-order chi connectivity index (χ0) is 14.1. The van der Waals surface area contributed by atoms with Crippen molar-refractivity contribution >= 4 is 27.1 Å². The molecule has 20 heavy (non-hydrogen) atoms. The van der Waals surface area contributed by atoms with Gasteiger partial charge in [0.25, 0.3) is 0 Å². The van der Waals surface area contributed by atoms with Gasteiger partial charge in [0.15, 0.2) is 5.65 Å². The van der Waals surface area contributed by atoms with E-state index in [2.05, 4.69) is 41.4 Å². The van der Waals surface area contributed by atoms with Crippen LogP contribution >= 0.6 is 15.9 Å². The fraction of sp³-hybridized carbons (Fsp3) is 0.571. The van der Waals surface area contributed by atoms with Crippen LogP contribution in [0, 0.1) is 12.8 Å². The summed E-state index contributed by atoms with van der Waals surface area (Å²) in [6, 6.07) is 2.09. The van der Waals surface area contributed by atoms with Gasteiger partial charge >= 0.3 is 0 Å². The minimum Gasteiger partial charge on any atom is -0.395 e. The zero-order valence-corrected chi connectivity index (χ0v) is 13.2. The predicted octanol–water partition coefficient (Wildman–Crippen LogP) is 1.82. The third-order valence-corrected chi connectivity index (χ3v) is 4.42. The summed E-state index contributed by atoms with van der Waals surface area (Å²) in [6.45, 7) is 6.18. The molecule has 0 aliphatic carbocycles. The topological polar surface area (TPSA) is 54.2 Å². The minimum atomic E-state index is 0.247. The van der Waals surface area contributed by atoms with E-state index in [0.717, 1.165) is 47.6 Å². The summed E-state index contributed by atoms with van der Waals surface area (Å²) in [6.07, 6.45) is 2.97. The third-order valence-electron chi connectivity index (χ3n) is 3.99. The van der Waals surface area contributed by atoms with Crippen molar-refractivity contribution in [3.05, 3.63) is 22.6 Å². The van der Waals surface area contributed by atoms with Gasteiger partial charge in [-0.15, -0.1) is 0 Å². The lowest BCUT2D eigenvalue weighted by Crippen LogP contribution is -2.25. The standard InChI is InChI=1S/C14H19BrN4O/c1-10-17-14-13(6-12(15)7-16-14)19(10)9-11-2-3-18(8-11)4-5-20/h6-7,11,20H,2-5,8-9H2,1H3/t11-/m0/s1. The molecule has 0 saturated carbocycles. The van der Waals surface area contributed by atoms with Crippen LogP contribution in [0.1, 0.15) is 12.2 Å². The highest BCUT2D eigenvalue weighted by atomic mass is 79.9. The van der Waals surface area contributed by atoms with Crippen LogP contribution in [0.15, 0.2) is 16.7 Å². The molecule has 0 aromatic carbocycles. The maximum absolute atomic E-state index is 9.02. The quantitative estimate of drug-likeness (QED) is 0.923. The summed E-state index contributed by atoms with van der Waals surface area (Å²) in [5.41, 5.74) is 1.91. The normalized spacial score (nSPS) is 20.1. The Morgan fingerprint density at radius 3 is 3.15 bits per heavy atom. The highest BCUT2D eigenvalue weighted by Gasteiger charge is 2.23. The largest absolute Gasteiger partial charge is 0.395 e. The van der Waals surface area contributed by atoms with Crippen molar-refractivity contribution < 1.29 is 5.11 Å². The Kier molecular flexibility index (Phi) is 4.05. The summed E-state index contributed by atoms with van der Waals surface area (Å²) < 4.78 is 3.25. The van der Waals surface area contributed by atoms with Gasteiger partial charge in [0.2, 0.25) is 0 Å². The molecule has 0 amide bonds. The van der Waals surface area contributed by atoms with E-state index in [0.29, 0.717) is 5.92 Å². The van der Waals surface area contributed by atoms with E-state index in [-0.39, 0.29) is 6.61 Å². The number of aliphatic hydroxyl groups is 1. The van der Waals surface area contributed by atoms with Crippen LogP contribution in [0.25, 0.3) is 11.2 Å². The molecule has 108 valence electrons. The Balaban J connectivity index is 1.81. The van der Waals surface area contributed by atoms with Crippen LogP contribution < -0.4 is 0 Å². The van der Waals surface area contributed by atoms with E-state index in [9.17, 15) is 0 Å². The van der Waals surface area contributed by atoms with Crippen LogP contribution in [0.4, 0.5) is 0 Å². The van der Waals surface area contributed by atoms with E-state index >= 15 is 0 Å². The van der Waals surface area contributed by atoms with Crippen LogP contribution in [-0.4, -0.2) is 50.8 Å². The number of aliphatic hydroxyl groups excluding tert-OH is 1. The molecule has 0 unspecified atom stereocenters. The monoisotopic (exact) mass is 338 g/mol. The van der Waals surface area contributed by atoms with Crippen molar-refractivity contribution in [2.75, 3.05) is 26.2 Å². The minimum absolute atomic E-state index is 0.247. The SMILES string of the molecule is Cc1nc2ncc(Br)cc2n1C[C@H]1CCN(CCO)C1. The maximum atomic E-state index is 9.02. The first-order valence-corrected chi connectivity index (χ1v) is 7.78. The number of nitrogens with zero attached hydrogens (tertiary/aromatic N) is 4. The second kappa shape index (κ2) is 5.79. The summed E-state index contributed by atoms with van der Waals surface area (Å²) in [7, 11) is 0. The zero-order valence-electron chi connectivity index (χ0n) is 11.6. The van der Waals surface area contributed by atoms with Crippen molar-refractivity contribution in [2.45, 2.75) is 19.9 Å². The smallest absolute Gasteiger partial charge is 0.177 e. The van der Waals surface area contributed by atoms with Crippen LogP contribution in [0.3, 0.4) is 0 Å². The molecule has 1 atom stereocenters. The van der Waals surface area contributed by atoms with Crippen molar-refractivity contribution in [3.63, 3.8) is 0 Å². The lowest BCUT2D eigenvalue weighted by molar-refractivity contribution is 0.216. The van der Waals surface area contributed by atoms with Crippen molar-refractivity contribution in [1.29, 1.82) is 0 Å². The lowest BCUT2D eigenvalue weighted by Gasteiger charge is -2.15. The van der Waals surface area contributed by atoms with E-state index in [1.807, 2.05) is 6.92 Å². The highest BCUT2D eigenvalue weighted by Crippen LogP contribution is 2.23. The number of β-amino-alcohol motifs (C(OH)–C–C–N with tert-alkyl or cyclic N) is 1. The van der Waals surface area contributed by atoms with Gasteiger partial charge in [0, 0.05) is 30.3 Å². The number of rotatable bonds is 4. The first kappa shape index (κ1) is 14.0. The Labute approximate surface area is 126 Å². The van der Waals surface area contributed by atoms with Gasteiger partial charge in [-0.2, -0.15) is 0 Å². The second-order valence-corrected chi connectivity index (χ2v) is 6.36. The molecule has 3 rings (SSSR count). The van der Waals surface area contributed by atoms with E-state index in [1.54, 1.807) is 6.20 Å². The molecule has 1 fully saturated rings. The molecule has 2 aromatic heterocycles. The molecule has 3 heterocycles. The van der Waals surface area contributed by atoms with Gasteiger partial charge in [0.1, 0.15) is 5.82 Å². The summed E-state index contributed by atoms with van der Waals surface area (Å²) in [5, 5.41) is 9.02. The molecular weight excluding hydrogens is 320 g/mol. The number of imidazole rings is 1. The average molecular weight is 339 g/mol. The molecule has 6 heteroatoms. The first-order valence-electron chi connectivity index (χ1n) is 6.99. The van der Waals surface area contributed by atoms with Gasteiger partial charge < -0.3 is 14.6 Å². The molecule has 1 saturated heterocycles. The number of pyridine rings is 1. The molecule has 0 bridgehead atoms. The summed E-state index contributed by atoms with van der Waals surface area (Å²) in [4.78, 5) is 11.2. The van der Waals surface area contributed by atoms with Gasteiger partial charge in [0.05, 0.1) is 12.1 Å². The lowest BCUT2D eigenvalue weighted by atomic mass is 10.1. The van der Waals surface area contributed by atoms with Crippen LogP contribution in [0.2, 0.25) is 0 Å². The number of hydrogen-bond acceptors (Lipinski definition) is 4. The third kappa shape index (κ3) is 2.73. The second-order valence-electron chi connectivity index (χ2n) is 5.44. The Morgan fingerprint density at radius 2 is 2.35 bits per heavy atom. The fourth-order valence-electron chi connectivity index (χ4n) is 2.99. The predicted molar refractivity (Wildman–Crippen MR) is 81.6 cm³/mol. The Morgan fingerprint density at radius 1 is 1.50 bits per heavy atom. The number of likely N-dealkylation sites (tertiary alicyclic amines) is 1. The molecule has 1 aliphatic heterocycles. The molecule has 5 nitrogen and oxygen atoms in total. The Bertz CT molecular complexity index is 612. The summed E-state index contributed by atoms with van der Waals surface area (Å²) >= 11 is 3.48. The highest BCUT2D eigenvalue weighted by molar-refractivity contribution is 9.10. The van der Waals surface area contributed by atoms with Crippen molar-refractivity contribution in [2.24, 2.45) is 5.92 Å². The number of aryl methyl sites for hydroxylation is 1. The van der Waals surface area contributed by atoms with Gasteiger partial charge in [-0.05, 0) is 47.8 Å².